The number of rotatable bonds is 5. The van der Waals surface area contributed by atoms with Crippen molar-refractivity contribution in [2.75, 3.05) is 11.9 Å². The standard InChI is InChI=1S/C15H18FN3O/c1-11(2)7-8-17-14-15(20)19(10-9-18-14)13-5-3-12(16)4-6-13/h3-6,9-11H,7-8H2,1-2H3,(H,17,18). The Bertz CT molecular complexity index is 620. The van der Waals surface area contributed by atoms with Crippen molar-refractivity contribution < 1.29 is 4.39 Å². The highest BCUT2D eigenvalue weighted by atomic mass is 19.1. The third-order valence-electron chi connectivity index (χ3n) is 2.96. The van der Waals surface area contributed by atoms with Crippen LogP contribution in [0.25, 0.3) is 5.69 Å². The molecule has 106 valence electrons. The highest BCUT2D eigenvalue weighted by Crippen LogP contribution is 2.07. The molecule has 0 aliphatic heterocycles. The minimum absolute atomic E-state index is 0.233. The van der Waals surface area contributed by atoms with E-state index in [0.29, 0.717) is 24.0 Å². The van der Waals surface area contributed by atoms with Crippen LogP contribution in [-0.4, -0.2) is 16.1 Å². The summed E-state index contributed by atoms with van der Waals surface area (Å²) in [7, 11) is 0. The molecular weight excluding hydrogens is 257 g/mol. The fourth-order valence-corrected chi connectivity index (χ4v) is 1.82. The van der Waals surface area contributed by atoms with E-state index in [1.54, 1.807) is 24.5 Å². The zero-order valence-corrected chi connectivity index (χ0v) is 11.6. The third kappa shape index (κ3) is 3.44. The van der Waals surface area contributed by atoms with Crippen LogP contribution in [0.2, 0.25) is 0 Å². The van der Waals surface area contributed by atoms with Gasteiger partial charge in [-0.2, -0.15) is 0 Å². The van der Waals surface area contributed by atoms with Crippen molar-refractivity contribution in [1.82, 2.24) is 9.55 Å². The molecule has 1 heterocycles. The van der Waals surface area contributed by atoms with Gasteiger partial charge in [-0.15, -0.1) is 0 Å². The van der Waals surface area contributed by atoms with Gasteiger partial charge >= 0.3 is 0 Å². The molecule has 1 N–H and O–H groups in total. The predicted octanol–water partition coefficient (Wildman–Crippen LogP) is 2.83. The first kappa shape index (κ1) is 14.2. The number of aromatic nitrogens is 2. The average Bonchev–Trinajstić information content (AvgIpc) is 2.41. The summed E-state index contributed by atoms with van der Waals surface area (Å²) in [5, 5.41) is 3.05. The molecule has 1 aromatic heterocycles. The Morgan fingerprint density at radius 1 is 1.30 bits per heavy atom. The van der Waals surface area contributed by atoms with Crippen molar-refractivity contribution in [2.45, 2.75) is 20.3 Å². The Morgan fingerprint density at radius 2 is 2.00 bits per heavy atom. The van der Waals surface area contributed by atoms with Gasteiger partial charge in [-0.25, -0.2) is 9.37 Å². The summed E-state index contributed by atoms with van der Waals surface area (Å²) < 4.78 is 14.4. The molecule has 0 atom stereocenters. The van der Waals surface area contributed by atoms with E-state index in [2.05, 4.69) is 24.1 Å². The lowest BCUT2D eigenvalue weighted by Crippen LogP contribution is -2.23. The zero-order valence-electron chi connectivity index (χ0n) is 11.6. The number of hydrogen-bond donors (Lipinski definition) is 1. The summed E-state index contributed by atoms with van der Waals surface area (Å²) in [6.45, 7) is 4.95. The highest BCUT2D eigenvalue weighted by molar-refractivity contribution is 5.38. The molecule has 0 aliphatic carbocycles. The molecule has 0 fully saturated rings. The quantitative estimate of drug-likeness (QED) is 0.912. The average molecular weight is 275 g/mol. The predicted molar refractivity (Wildman–Crippen MR) is 77.7 cm³/mol. The van der Waals surface area contributed by atoms with Crippen LogP contribution in [0.4, 0.5) is 10.2 Å². The van der Waals surface area contributed by atoms with Crippen molar-refractivity contribution >= 4 is 5.82 Å². The molecule has 0 amide bonds. The molecular formula is C15H18FN3O. The first-order chi connectivity index (χ1) is 9.58. The van der Waals surface area contributed by atoms with E-state index in [4.69, 9.17) is 0 Å². The third-order valence-corrected chi connectivity index (χ3v) is 2.96. The summed E-state index contributed by atoms with van der Waals surface area (Å²) in [6, 6.07) is 5.78. The van der Waals surface area contributed by atoms with E-state index in [1.807, 2.05) is 0 Å². The number of nitrogens with one attached hydrogen (secondary N) is 1. The van der Waals surface area contributed by atoms with Crippen LogP contribution in [0, 0.1) is 11.7 Å². The molecule has 0 aliphatic rings. The Morgan fingerprint density at radius 3 is 2.65 bits per heavy atom. The Kier molecular flexibility index (Phi) is 4.50. The molecule has 0 unspecified atom stereocenters. The van der Waals surface area contributed by atoms with Gasteiger partial charge in [0.1, 0.15) is 5.82 Å². The molecule has 0 saturated heterocycles. The zero-order chi connectivity index (χ0) is 14.5. The minimum Gasteiger partial charge on any atom is -0.365 e. The smallest absolute Gasteiger partial charge is 0.297 e. The lowest BCUT2D eigenvalue weighted by atomic mass is 10.1. The number of benzene rings is 1. The molecule has 5 heteroatoms. The molecule has 0 spiro atoms. The van der Waals surface area contributed by atoms with Crippen LogP contribution in [0.5, 0.6) is 0 Å². The monoisotopic (exact) mass is 275 g/mol. The first-order valence-electron chi connectivity index (χ1n) is 6.65. The van der Waals surface area contributed by atoms with E-state index in [-0.39, 0.29) is 11.4 Å². The fourth-order valence-electron chi connectivity index (χ4n) is 1.82. The molecule has 0 saturated carbocycles. The lowest BCUT2D eigenvalue weighted by molar-refractivity contribution is 0.606. The van der Waals surface area contributed by atoms with Crippen LogP contribution in [0.1, 0.15) is 20.3 Å². The normalized spacial score (nSPS) is 10.8. The van der Waals surface area contributed by atoms with Gasteiger partial charge in [0.05, 0.1) is 0 Å². The van der Waals surface area contributed by atoms with Gasteiger partial charge < -0.3 is 5.32 Å². The largest absolute Gasteiger partial charge is 0.365 e. The Balaban J connectivity index is 2.23. The molecule has 2 aromatic rings. The van der Waals surface area contributed by atoms with Gasteiger partial charge in [-0.3, -0.25) is 9.36 Å². The van der Waals surface area contributed by atoms with E-state index in [9.17, 15) is 9.18 Å². The van der Waals surface area contributed by atoms with Crippen LogP contribution >= 0.6 is 0 Å². The molecule has 0 bridgehead atoms. The summed E-state index contributed by atoms with van der Waals surface area (Å²) in [5.41, 5.74) is 0.383. The maximum absolute atomic E-state index is 12.9. The van der Waals surface area contributed by atoms with Crippen molar-refractivity contribution in [2.24, 2.45) is 5.92 Å². The minimum atomic E-state index is -0.328. The lowest BCUT2D eigenvalue weighted by Gasteiger charge is -2.10. The summed E-state index contributed by atoms with van der Waals surface area (Å²) in [4.78, 5) is 16.3. The molecule has 4 nitrogen and oxygen atoms in total. The molecule has 2 rings (SSSR count). The van der Waals surface area contributed by atoms with E-state index < -0.39 is 0 Å². The van der Waals surface area contributed by atoms with Crippen molar-refractivity contribution in [3.63, 3.8) is 0 Å². The molecule has 1 aromatic carbocycles. The van der Waals surface area contributed by atoms with E-state index >= 15 is 0 Å². The second-order valence-corrected chi connectivity index (χ2v) is 5.04. The van der Waals surface area contributed by atoms with Crippen molar-refractivity contribution in [1.29, 1.82) is 0 Å². The Hall–Kier alpha value is -2.17. The Labute approximate surface area is 117 Å². The summed E-state index contributed by atoms with van der Waals surface area (Å²) in [6.07, 6.45) is 4.10. The summed E-state index contributed by atoms with van der Waals surface area (Å²) in [5.74, 6) is 0.550. The van der Waals surface area contributed by atoms with Crippen LogP contribution < -0.4 is 10.9 Å². The van der Waals surface area contributed by atoms with Crippen LogP contribution in [-0.2, 0) is 0 Å². The maximum atomic E-state index is 12.9. The maximum Gasteiger partial charge on any atom is 0.297 e. The van der Waals surface area contributed by atoms with Crippen molar-refractivity contribution in [3.8, 4) is 5.69 Å². The molecule has 20 heavy (non-hydrogen) atoms. The van der Waals surface area contributed by atoms with Crippen LogP contribution in [0.3, 0.4) is 0 Å². The number of anilines is 1. The number of nitrogens with zero attached hydrogens (tertiary/aromatic N) is 2. The van der Waals surface area contributed by atoms with Crippen LogP contribution in [0.15, 0.2) is 41.5 Å². The fraction of sp³-hybridized carbons (Fsp3) is 0.333. The van der Waals surface area contributed by atoms with Gasteiger partial charge in [-0.1, -0.05) is 13.8 Å². The SMILES string of the molecule is CC(C)CCNc1nccn(-c2ccc(F)cc2)c1=O. The number of halogens is 1. The van der Waals surface area contributed by atoms with Crippen molar-refractivity contribution in [3.05, 3.63) is 52.8 Å². The highest BCUT2D eigenvalue weighted by Gasteiger charge is 2.06. The molecule has 0 radical (unpaired) electrons. The second-order valence-electron chi connectivity index (χ2n) is 5.04. The van der Waals surface area contributed by atoms with E-state index in [0.717, 1.165) is 6.42 Å². The summed E-state index contributed by atoms with van der Waals surface area (Å²) >= 11 is 0. The first-order valence-corrected chi connectivity index (χ1v) is 6.65. The van der Waals surface area contributed by atoms with Gasteiger partial charge in [0.2, 0.25) is 0 Å². The van der Waals surface area contributed by atoms with Gasteiger partial charge in [0.25, 0.3) is 5.56 Å². The number of hydrogen-bond acceptors (Lipinski definition) is 3. The van der Waals surface area contributed by atoms with E-state index in [1.165, 1.54) is 16.7 Å². The van der Waals surface area contributed by atoms with Gasteiger partial charge in [0, 0.05) is 24.6 Å². The van der Waals surface area contributed by atoms with Gasteiger partial charge in [0.15, 0.2) is 5.82 Å². The second kappa shape index (κ2) is 6.32. The van der Waals surface area contributed by atoms with Gasteiger partial charge in [-0.05, 0) is 36.6 Å². The topological polar surface area (TPSA) is 46.9 Å².